The maximum absolute atomic E-state index is 12.0. The molecule has 0 radical (unpaired) electrons. The SMILES string of the molecule is O=C(CSc1ccc([N+](=O)[O-])cc1)NCCN1CCN(c2ncccn2)CC1. The first-order valence-electron chi connectivity index (χ1n) is 9.00. The maximum Gasteiger partial charge on any atom is 0.269 e. The van der Waals surface area contributed by atoms with Crippen molar-refractivity contribution in [1.82, 2.24) is 20.2 Å². The van der Waals surface area contributed by atoms with Gasteiger partial charge in [0.25, 0.3) is 5.69 Å². The van der Waals surface area contributed by atoms with Crippen LogP contribution in [0.4, 0.5) is 11.6 Å². The predicted octanol–water partition coefficient (Wildman–Crippen LogP) is 1.42. The first-order chi connectivity index (χ1) is 13.6. The van der Waals surface area contributed by atoms with Gasteiger partial charge in [-0.25, -0.2) is 9.97 Å². The van der Waals surface area contributed by atoms with E-state index in [1.165, 1.54) is 23.9 Å². The lowest BCUT2D eigenvalue weighted by molar-refractivity contribution is -0.384. The van der Waals surface area contributed by atoms with Gasteiger partial charge in [0.2, 0.25) is 11.9 Å². The van der Waals surface area contributed by atoms with Crippen LogP contribution in [0.15, 0.2) is 47.6 Å². The molecule has 1 aromatic heterocycles. The summed E-state index contributed by atoms with van der Waals surface area (Å²) in [4.78, 5) is 36.0. The van der Waals surface area contributed by atoms with E-state index in [-0.39, 0.29) is 17.3 Å². The van der Waals surface area contributed by atoms with Gasteiger partial charge in [-0.3, -0.25) is 19.8 Å². The maximum atomic E-state index is 12.0. The van der Waals surface area contributed by atoms with Crippen LogP contribution in [-0.2, 0) is 4.79 Å². The number of nitro groups is 1. The first-order valence-corrected chi connectivity index (χ1v) is 9.98. The molecular weight excluding hydrogens is 380 g/mol. The molecule has 1 aromatic carbocycles. The van der Waals surface area contributed by atoms with E-state index >= 15 is 0 Å². The highest BCUT2D eigenvalue weighted by atomic mass is 32.2. The molecule has 0 atom stereocenters. The van der Waals surface area contributed by atoms with Gasteiger partial charge in [0.15, 0.2) is 0 Å². The number of non-ortho nitro benzene ring substituents is 1. The number of anilines is 1. The van der Waals surface area contributed by atoms with Crippen molar-refractivity contribution >= 4 is 29.3 Å². The summed E-state index contributed by atoms with van der Waals surface area (Å²) in [5.41, 5.74) is 0.0488. The molecule has 148 valence electrons. The minimum absolute atomic E-state index is 0.0420. The summed E-state index contributed by atoms with van der Waals surface area (Å²) in [7, 11) is 0. The molecule has 0 bridgehead atoms. The van der Waals surface area contributed by atoms with E-state index < -0.39 is 4.92 Å². The van der Waals surface area contributed by atoms with Gasteiger partial charge in [0, 0.05) is 68.7 Å². The third kappa shape index (κ3) is 5.89. The van der Waals surface area contributed by atoms with Gasteiger partial charge >= 0.3 is 0 Å². The highest BCUT2D eigenvalue weighted by Gasteiger charge is 2.18. The number of nitrogens with zero attached hydrogens (tertiary/aromatic N) is 5. The number of nitrogens with one attached hydrogen (secondary N) is 1. The van der Waals surface area contributed by atoms with E-state index in [2.05, 4.69) is 25.1 Å². The van der Waals surface area contributed by atoms with Gasteiger partial charge in [-0.1, -0.05) is 0 Å². The molecule has 1 aliphatic heterocycles. The van der Waals surface area contributed by atoms with Crippen molar-refractivity contribution in [3.63, 3.8) is 0 Å². The standard InChI is InChI=1S/C18H22N6O3S/c25-17(14-28-16-4-2-15(3-5-16)24(26)27)19-8-9-22-10-12-23(13-11-22)18-20-6-1-7-21-18/h1-7H,8-14H2,(H,19,25). The molecule has 0 aliphatic carbocycles. The van der Waals surface area contributed by atoms with E-state index in [4.69, 9.17) is 0 Å². The number of piperazine rings is 1. The summed E-state index contributed by atoms with van der Waals surface area (Å²) in [5, 5.41) is 13.6. The lowest BCUT2D eigenvalue weighted by atomic mass is 10.3. The highest BCUT2D eigenvalue weighted by Crippen LogP contribution is 2.21. The average Bonchev–Trinajstić information content (AvgIpc) is 2.74. The molecule has 28 heavy (non-hydrogen) atoms. The van der Waals surface area contributed by atoms with Crippen molar-refractivity contribution in [2.24, 2.45) is 0 Å². The largest absolute Gasteiger partial charge is 0.354 e. The molecule has 9 nitrogen and oxygen atoms in total. The summed E-state index contributed by atoms with van der Waals surface area (Å²) in [6.45, 7) is 4.96. The predicted molar refractivity (Wildman–Crippen MR) is 108 cm³/mol. The van der Waals surface area contributed by atoms with Crippen molar-refractivity contribution in [1.29, 1.82) is 0 Å². The fourth-order valence-corrected chi connectivity index (χ4v) is 3.57. The Kier molecular flexibility index (Phi) is 7.15. The molecule has 1 saturated heterocycles. The van der Waals surface area contributed by atoms with Crippen molar-refractivity contribution in [3.05, 3.63) is 52.8 Å². The fourth-order valence-electron chi connectivity index (χ4n) is 2.84. The fraction of sp³-hybridized carbons (Fsp3) is 0.389. The molecule has 0 unspecified atom stereocenters. The number of thioether (sulfide) groups is 1. The lowest BCUT2D eigenvalue weighted by Gasteiger charge is -2.34. The van der Waals surface area contributed by atoms with Gasteiger partial charge < -0.3 is 10.2 Å². The van der Waals surface area contributed by atoms with Gasteiger partial charge in [-0.05, 0) is 18.2 Å². The number of hydrogen-bond donors (Lipinski definition) is 1. The summed E-state index contributed by atoms with van der Waals surface area (Å²) in [6.07, 6.45) is 3.50. The monoisotopic (exact) mass is 402 g/mol. The van der Waals surface area contributed by atoms with Crippen LogP contribution in [0.25, 0.3) is 0 Å². The zero-order chi connectivity index (χ0) is 19.8. The zero-order valence-electron chi connectivity index (χ0n) is 15.4. The Balaban J connectivity index is 1.31. The highest BCUT2D eigenvalue weighted by molar-refractivity contribution is 8.00. The van der Waals surface area contributed by atoms with Crippen LogP contribution < -0.4 is 10.2 Å². The molecule has 2 aromatic rings. The molecule has 0 spiro atoms. The van der Waals surface area contributed by atoms with Gasteiger partial charge in [-0.2, -0.15) is 0 Å². The zero-order valence-corrected chi connectivity index (χ0v) is 16.2. The number of carbonyl (C=O) groups excluding carboxylic acids is 1. The first kappa shape index (κ1) is 20.0. The number of amides is 1. The van der Waals surface area contributed by atoms with Crippen LogP contribution in [-0.4, -0.2) is 70.7 Å². The van der Waals surface area contributed by atoms with E-state index in [1.807, 2.05) is 6.07 Å². The van der Waals surface area contributed by atoms with Crippen LogP contribution in [0, 0.1) is 10.1 Å². The summed E-state index contributed by atoms with van der Waals surface area (Å²) < 4.78 is 0. The normalized spacial score (nSPS) is 14.6. The molecule has 3 rings (SSSR count). The molecule has 10 heteroatoms. The van der Waals surface area contributed by atoms with Crippen molar-refractivity contribution in [3.8, 4) is 0 Å². The Labute approximate surface area is 167 Å². The second-order valence-electron chi connectivity index (χ2n) is 6.27. The number of aromatic nitrogens is 2. The average molecular weight is 402 g/mol. The Bertz CT molecular complexity index is 782. The van der Waals surface area contributed by atoms with Crippen LogP contribution in [0.5, 0.6) is 0 Å². The van der Waals surface area contributed by atoms with E-state index in [9.17, 15) is 14.9 Å². The molecule has 1 amide bonds. The number of rotatable bonds is 8. The molecule has 1 N–H and O–H groups in total. The van der Waals surface area contributed by atoms with Crippen molar-refractivity contribution < 1.29 is 9.72 Å². The third-order valence-electron chi connectivity index (χ3n) is 4.37. The van der Waals surface area contributed by atoms with Crippen LogP contribution in [0.1, 0.15) is 0 Å². The molecule has 1 aliphatic rings. The van der Waals surface area contributed by atoms with Gasteiger partial charge in [-0.15, -0.1) is 11.8 Å². The summed E-state index contributed by atoms with van der Waals surface area (Å²) in [5.74, 6) is 1.01. The van der Waals surface area contributed by atoms with E-state index in [0.717, 1.165) is 43.6 Å². The second kappa shape index (κ2) is 10.00. The number of nitro benzene ring substituents is 1. The Morgan fingerprint density at radius 3 is 2.46 bits per heavy atom. The molecular formula is C18H22N6O3S. The van der Waals surface area contributed by atoms with Crippen molar-refractivity contribution in [2.75, 3.05) is 49.9 Å². The van der Waals surface area contributed by atoms with E-state index in [1.54, 1.807) is 24.5 Å². The molecule has 0 saturated carbocycles. The quantitative estimate of drug-likeness (QED) is 0.402. The Morgan fingerprint density at radius 2 is 1.82 bits per heavy atom. The topological polar surface area (TPSA) is 104 Å². The minimum Gasteiger partial charge on any atom is -0.354 e. The van der Waals surface area contributed by atoms with E-state index in [0.29, 0.717) is 6.54 Å². The van der Waals surface area contributed by atoms with Crippen LogP contribution in [0.3, 0.4) is 0 Å². The van der Waals surface area contributed by atoms with Gasteiger partial charge in [0.05, 0.1) is 10.7 Å². The second-order valence-corrected chi connectivity index (χ2v) is 7.32. The smallest absolute Gasteiger partial charge is 0.269 e. The van der Waals surface area contributed by atoms with Crippen LogP contribution >= 0.6 is 11.8 Å². The Hall–Kier alpha value is -2.72. The summed E-state index contributed by atoms with van der Waals surface area (Å²) >= 11 is 1.36. The van der Waals surface area contributed by atoms with Crippen molar-refractivity contribution in [2.45, 2.75) is 4.90 Å². The summed E-state index contributed by atoms with van der Waals surface area (Å²) in [6, 6.07) is 8.01. The number of carbonyl (C=O) groups is 1. The Morgan fingerprint density at radius 1 is 1.14 bits per heavy atom. The number of benzene rings is 1. The molecule has 2 heterocycles. The minimum atomic E-state index is -0.437. The molecule has 1 fully saturated rings. The number of hydrogen-bond acceptors (Lipinski definition) is 8. The lowest BCUT2D eigenvalue weighted by Crippen LogP contribution is -2.49. The third-order valence-corrected chi connectivity index (χ3v) is 5.39. The van der Waals surface area contributed by atoms with Crippen LogP contribution in [0.2, 0.25) is 0 Å². The van der Waals surface area contributed by atoms with Gasteiger partial charge in [0.1, 0.15) is 0 Å².